The molecule has 35 heavy (non-hydrogen) atoms. The van der Waals surface area contributed by atoms with E-state index in [9.17, 15) is 9.59 Å². The van der Waals surface area contributed by atoms with Gasteiger partial charge in [-0.3, -0.25) is 0 Å². The SMILES string of the molecule is CCc1cc(-c2ccccc2)c(C(C)C)c(OC(=O)c2ccccc2)c1OC(=O)c1ccccc1. The second-order valence-corrected chi connectivity index (χ2v) is 8.54. The molecule has 0 N–H and O–H groups in total. The van der Waals surface area contributed by atoms with Gasteiger partial charge in [0.2, 0.25) is 0 Å². The van der Waals surface area contributed by atoms with Crippen LogP contribution in [-0.4, -0.2) is 11.9 Å². The maximum absolute atomic E-state index is 13.2. The zero-order valence-corrected chi connectivity index (χ0v) is 20.2. The van der Waals surface area contributed by atoms with Crippen LogP contribution in [0.15, 0.2) is 97.1 Å². The smallest absolute Gasteiger partial charge is 0.343 e. The lowest BCUT2D eigenvalue weighted by atomic mass is 9.88. The minimum absolute atomic E-state index is 0.0103. The molecule has 4 aromatic rings. The maximum Gasteiger partial charge on any atom is 0.343 e. The van der Waals surface area contributed by atoms with Crippen molar-refractivity contribution in [3.63, 3.8) is 0 Å². The van der Waals surface area contributed by atoms with Gasteiger partial charge in [0.25, 0.3) is 0 Å². The van der Waals surface area contributed by atoms with Crippen molar-refractivity contribution in [1.29, 1.82) is 0 Å². The lowest BCUT2D eigenvalue weighted by Crippen LogP contribution is -2.16. The van der Waals surface area contributed by atoms with Gasteiger partial charge >= 0.3 is 11.9 Å². The highest BCUT2D eigenvalue weighted by atomic mass is 16.6. The summed E-state index contributed by atoms with van der Waals surface area (Å²) >= 11 is 0. The first-order chi connectivity index (χ1) is 17.0. The van der Waals surface area contributed by atoms with E-state index in [1.54, 1.807) is 48.5 Å². The molecule has 0 saturated heterocycles. The van der Waals surface area contributed by atoms with Crippen molar-refractivity contribution in [2.75, 3.05) is 0 Å². The van der Waals surface area contributed by atoms with E-state index in [0.717, 1.165) is 22.3 Å². The lowest BCUT2D eigenvalue weighted by molar-refractivity contribution is 0.0679. The molecule has 0 heterocycles. The Morgan fingerprint density at radius 3 is 1.60 bits per heavy atom. The number of ether oxygens (including phenoxy) is 2. The second kappa shape index (κ2) is 10.8. The number of aryl methyl sites for hydroxylation is 1. The van der Waals surface area contributed by atoms with Gasteiger partial charge in [0.05, 0.1) is 11.1 Å². The van der Waals surface area contributed by atoms with E-state index in [4.69, 9.17) is 9.47 Å². The molecule has 0 aromatic heterocycles. The lowest BCUT2D eigenvalue weighted by Gasteiger charge is -2.23. The molecule has 0 aliphatic carbocycles. The van der Waals surface area contributed by atoms with E-state index in [1.807, 2.05) is 69.3 Å². The van der Waals surface area contributed by atoms with E-state index in [2.05, 4.69) is 0 Å². The highest BCUT2D eigenvalue weighted by Crippen LogP contribution is 2.46. The first-order valence-corrected chi connectivity index (χ1v) is 11.8. The average Bonchev–Trinajstić information content (AvgIpc) is 2.90. The Hall–Kier alpha value is -4.18. The molecule has 0 radical (unpaired) electrons. The van der Waals surface area contributed by atoms with E-state index < -0.39 is 11.9 Å². The zero-order chi connectivity index (χ0) is 24.8. The first kappa shape index (κ1) is 24.0. The van der Waals surface area contributed by atoms with Crippen LogP contribution in [0.4, 0.5) is 0 Å². The first-order valence-electron chi connectivity index (χ1n) is 11.8. The summed E-state index contributed by atoms with van der Waals surface area (Å²) in [6.45, 7) is 6.06. The maximum atomic E-state index is 13.2. The van der Waals surface area contributed by atoms with Crippen molar-refractivity contribution >= 4 is 11.9 Å². The standard InChI is InChI=1S/C31H28O4/c1-4-22-20-26(23-14-8-5-9-15-23)27(21(2)3)29(35-31(33)25-18-12-7-13-19-25)28(22)34-30(32)24-16-10-6-11-17-24/h5-21H,4H2,1-3H3. The molecule has 4 nitrogen and oxygen atoms in total. The Morgan fingerprint density at radius 2 is 1.14 bits per heavy atom. The predicted molar refractivity (Wildman–Crippen MR) is 138 cm³/mol. The van der Waals surface area contributed by atoms with Crippen LogP contribution in [0.3, 0.4) is 0 Å². The van der Waals surface area contributed by atoms with E-state index >= 15 is 0 Å². The van der Waals surface area contributed by atoms with E-state index in [1.165, 1.54) is 0 Å². The van der Waals surface area contributed by atoms with Crippen LogP contribution in [0.2, 0.25) is 0 Å². The average molecular weight is 465 g/mol. The zero-order valence-electron chi connectivity index (χ0n) is 20.2. The second-order valence-electron chi connectivity index (χ2n) is 8.54. The fourth-order valence-electron chi connectivity index (χ4n) is 4.07. The molecule has 4 rings (SSSR count). The Morgan fingerprint density at radius 1 is 0.686 bits per heavy atom. The number of carbonyl (C=O) groups is 2. The van der Waals surface area contributed by atoms with Crippen LogP contribution in [0, 0.1) is 0 Å². The van der Waals surface area contributed by atoms with Gasteiger partial charge in [0, 0.05) is 5.56 Å². The molecule has 0 fully saturated rings. The van der Waals surface area contributed by atoms with Gasteiger partial charge in [-0.25, -0.2) is 9.59 Å². The van der Waals surface area contributed by atoms with Crippen molar-refractivity contribution < 1.29 is 19.1 Å². The Kier molecular flexibility index (Phi) is 7.41. The van der Waals surface area contributed by atoms with Gasteiger partial charge in [-0.2, -0.15) is 0 Å². The number of rotatable bonds is 7. The molecule has 176 valence electrons. The number of hydrogen-bond acceptors (Lipinski definition) is 4. The molecule has 0 atom stereocenters. The van der Waals surface area contributed by atoms with Crippen LogP contribution in [0.25, 0.3) is 11.1 Å². The highest BCUT2D eigenvalue weighted by molar-refractivity contribution is 5.94. The number of esters is 2. The summed E-state index contributed by atoms with van der Waals surface area (Å²) in [6, 6.07) is 29.6. The van der Waals surface area contributed by atoms with Gasteiger partial charge in [-0.15, -0.1) is 0 Å². The van der Waals surface area contributed by atoms with Crippen molar-refractivity contribution in [2.45, 2.75) is 33.1 Å². The van der Waals surface area contributed by atoms with Crippen molar-refractivity contribution in [3.8, 4) is 22.6 Å². The quantitative estimate of drug-likeness (QED) is 0.210. The summed E-state index contributed by atoms with van der Waals surface area (Å²) in [5.74, 6) is -0.439. The van der Waals surface area contributed by atoms with Crippen LogP contribution in [0.5, 0.6) is 11.5 Å². The predicted octanol–water partition coefficient (Wildman–Crippen LogP) is 7.48. The summed E-state index contributed by atoms with van der Waals surface area (Å²) in [5.41, 5.74) is 4.40. The number of carbonyl (C=O) groups excluding carboxylic acids is 2. The van der Waals surface area contributed by atoms with E-state index in [-0.39, 0.29) is 17.4 Å². The molecule has 0 unspecified atom stereocenters. The summed E-state index contributed by atoms with van der Waals surface area (Å²) in [7, 11) is 0. The van der Waals surface area contributed by atoms with Gasteiger partial charge in [0.15, 0.2) is 11.5 Å². The molecule has 0 saturated carbocycles. The third-order valence-electron chi connectivity index (χ3n) is 5.80. The summed E-state index contributed by atoms with van der Waals surface area (Å²) in [4.78, 5) is 26.2. The highest BCUT2D eigenvalue weighted by Gasteiger charge is 2.27. The van der Waals surface area contributed by atoms with Gasteiger partial charge in [-0.05, 0) is 59.4 Å². The molecule has 0 bridgehead atoms. The minimum Gasteiger partial charge on any atom is -0.419 e. The fourth-order valence-corrected chi connectivity index (χ4v) is 4.07. The number of benzene rings is 4. The largest absolute Gasteiger partial charge is 0.419 e. The molecule has 0 aliphatic rings. The molecule has 0 spiro atoms. The normalized spacial score (nSPS) is 10.7. The van der Waals surface area contributed by atoms with Crippen LogP contribution in [0.1, 0.15) is 58.5 Å². The molecule has 0 aliphatic heterocycles. The van der Waals surface area contributed by atoms with Crippen molar-refractivity contribution in [2.24, 2.45) is 0 Å². The third kappa shape index (κ3) is 5.33. The van der Waals surface area contributed by atoms with Crippen LogP contribution < -0.4 is 9.47 Å². The molecule has 4 heteroatoms. The summed E-state index contributed by atoms with van der Waals surface area (Å²) in [5, 5.41) is 0. The Balaban J connectivity index is 1.91. The Labute approximate surface area is 206 Å². The van der Waals surface area contributed by atoms with E-state index in [0.29, 0.717) is 17.5 Å². The summed E-state index contributed by atoms with van der Waals surface area (Å²) < 4.78 is 12.0. The van der Waals surface area contributed by atoms with Gasteiger partial charge in [-0.1, -0.05) is 87.5 Å². The Bertz CT molecular complexity index is 1310. The van der Waals surface area contributed by atoms with Gasteiger partial charge in [0.1, 0.15) is 0 Å². The van der Waals surface area contributed by atoms with Crippen LogP contribution in [-0.2, 0) is 6.42 Å². The molecule has 4 aromatic carbocycles. The van der Waals surface area contributed by atoms with Crippen LogP contribution >= 0.6 is 0 Å². The third-order valence-corrected chi connectivity index (χ3v) is 5.80. The number of hydrogen-bond donors (Lipinski definition) is 0. The topological polar surface area (TPSA) is 52.6 Å². The molecular weight excluding hydrogens is 436 g/mol. The molecular formula is C31H28O4. The summed E-state index contributed by atoms with van der Waals surface area (Å²) in [6.07, 6.45) is 0.589. The van der Waals surface area contributed by atoms with Crippen molar-refractivity contribution in [1.82, 2.24) is 0 Å². The fraction of sp³-hybridized carbons (Fsp3) is 0.161. The van der Waals surface area contributed by atoms with Crippen molar-refractivity contribution in [3.05, 3.63) is 119 Å². The molecule has 0 amide bonds. The monoisotopic (exact) mass is 464 g/mol. The minimum atomic E-state index is -0.503. The van der Waals surface area contributed by atoms with Gasteiger partial charge < -0.3 is 9.47 Å².